The van der Waals surface area contributed by atoms with Crippen LogP contribution in [-0.4, -0.2) is 10.9 Å². The first kappa shape index (κ1) is 13.1. The van der Waals surface area contributed by atoms with Crippen LogP contribution in [0.4, 0.5) is 14.5 Å². The number of nitrogens with zero attached hydrogens (tertiary/aromatic N) is 1. The Morgan fingerprint density at radius 2 is 1.84 bits per heavy atom. The molecule has 0 fully saturated rings. The van der Waals surface area contributed by atoms with Gasteiger partial charge in [-0.05, 0) is 36.2 Å². The van der Waals surface area contributed by atoms with Gasteiger partial charge in [0.25, 0.3) is 5.91 Å². The molecule has 19 heavy (non-hydrogen) atoms. The maximum Gasteiger partial charge on any atom is 0.255 e. The molecule has 1 N–H and O–H groups in total. The van der Waals surface area contributed by atoms with E-state index in [4.69, 9.17) is 0 Å². The van der Waals surface area contributed by atoms with Crippen molar-refractivity contribution >= 4 is 11.6 Å². The smallest absolute Gasteiger partial charge is 0.255 e. The average Bonchev–Trinajstić information content (AvgIpc) is 2.42. The van der Waals surface area contributed by atoms with E-state index in [0.717, 1.165) is 24.1 Å². The van der Waals surface area contributed by atoms with E-state index in [9.17, 15) is 13.6 Å². The van der Waals surface area contributed by atoms with E-state index >= 15 is 0 Å². The Morgan fingerprint density at radius 1 is 1.16 bits per heavy atom. The highest BCUT2D eigenvalue weighted by Gasteiger charge is 2.10. The Balaban J connectivity index is 2.15. The molecule has 1 heterocycles. The van der Waals surface area contributed by atoms with Crippen molar-refractivity contribution < 1.29 is 13.6 Å². The number of carbonyl (C=O) groups excluding carboxylic acids is 1. The van der Waals surface area contributed by atoms with Gasteiger partial charge in [0.1, 0.15) is 0 Å². The molecule has 98 valence electrons. The summed E-state index contributed by atoms with van der Waals surface area (Å²) in [5, 5.41) is 2.35. The predicted molar refractivity (Wildman–Crippen MR) is 67.9 cm³/mol. The van der Waals surface area contributed by atoms with Gasteiger partial charge in [-0.15, -0.1) is 0 Å². The van der Waals surface area contributed by atoms with Crippen LogP contribution in [0.25, 0.3) is 0 Å². The summed E-state index contributed by atoms with van der Waals surface area (Å²) in [7, 11) is 0. The van der Waals surface area contributed by atoms with Crippen molar-refractivity contribution in [3.8, 4) is 0 Å². The molecular weight excluding hydrogens is 250 g/mol. The molecule has 0 saturated carbocycles. The maximum atomic E-state index is 13.3. The van der Waals surface area contributed by atoms with E-state index in [1.807, 2.05) is 19.1 Å². The Bertz CT molecular complexity index is 597. The first-order chi connectivity index (χ1) is 9.10. The maximum absolute atomic E-state index is 13.3. The largest absolute Gasteiger partial charge is 0.318 e. The zero-order valence-corrected chi connectivity index (χ0v) is 10.3. The Hall–Kier alpha value is -2.30. The van der Waals surface area contributed by atoms with Crippen LogP contribution in [0.2, 0.25) is 0 Å². The number of amides is 1. The quantitative estimate of drug-likeness (QED) is 0.863. The third-order valence-corrected chi connectivity index (χ3v) is 2.69. The average molecular weight is 262 g/mol. The number of aryl methyl sites for hydroxylation is 1. The van der Waals surface area contributed by atoms with Crippen molar-refractivity contribution in [1.82, 2.24) is 4.98 Å². The molecule has 0 radical (unpaired) electrons. The number of nitrogens with one attached hydrogen (secondary N) is 1. The third-order valence-electron chi connectivity index (χ3n) is 2.69. The van der Waals surface area contributed by atoms with Crippen LogP contribution in [0.1, 0.15) is 22.8 Å². The molecule has 0 saturated heterocycles. The van der Waals surface area contributed by atoms with Crippen molar-refractivity contribution in [2.45, 2.75) is 13.3 Å². The van der Waals surface area contributed by atoms with Crippen LogP contribution < -0.4 is 5.32 Å². The second-order valence-corrected chi connectivity index (χ2v) is 3.98. The van der Waals surface area contributed by atoms with Gasteiger partial charge in [-0.25, -0.2) is 0 Å². The van der Waals surface area contributed by atoms with Crippen LogP contribution in [-0.2, 0) is 6.42 Å². The summed E-state index contributed by atoms with van der Waals surface area (Å²) in [5.74, 6) is -2.43. The highest BCUT2D eigenvalue weighted by atomic mass is 19.1. The summed E-state index contributed by atoms with van der Waals surface area (Å²) >= 11 is 0. The molecule has 0 atom stereocenters. The van der Waals surface area contributed by atoms with Crippen LogP contribution in [0.15, 0.2) is 36.4 Å². The highest BCUT2D eigenvalue weighted by molar-refractivity contribution is 6.04. The van der Waals surface area contributed by atoms with Crippen molar-refractivity contribution in [1.29, 1.82) is 0 Å². The molecular formula is C14H12F2N2O. The van der Waals surface area contributed by atoms with Gasteiger partial charge in [0.15, 0.2) is 0 Å². The fourth-order valence-corrected chi connectivity index (χ4v) is 1.59. The monoisotopic (exact) mass is 262 g/mol. The minimum atomic E-state index is -1.04. The van der Waals surface area contributed by atoms with Gasteiger partial charge in [0.2, 0.25) is 11.9 Å². The lowest BCUT2D eigenvalue weighted by molar-refractivity contribution is 0.102. The Kier molecular flexibility index (Phi) is 3.85. The Morgan fingerprint density at radius 3 is 2.42 bits per heavy atom. The fourth-order valence-electron chi connectivity index (χ4n) is 1.59. The van der Waals surface area contributed by atoms with Gasteiger partial charge in [-0.1, -0.05) is 19.1 Å². The molecule has 0 unspecified atom stereocenters. The lowest BCUT2D eigenvalue weighted by Gasteiger charge is -2.06. The second-order valence-electron chi connectivity index (χ2n) is 3.98. The topological polar surface area (TPSA) is 42.0 Å². The van der Waals surface area contributed by atoms with E-state index in [2.05, 4.69) is 10.3 Å². The lowest BCUT2D eigenvalue weighted by atomic mass is 10.1. The number of anilines is 1. The summed E-state index contributed by atoms with van der Waals surface area (Å²) < 4.78 is 25.9. The number of aromatic nitrogens is 1. The SMILES string of the molecule is CCc1ccc(C(=O)Nc2ccc(F)nc2F)cc1. The molecule has 2 rings (SSSR count). The summed E-state index contributed by atoms with van der Waals surface area (Å²) in [4.78, 5) is 14.9. The third kappa shape index (κ3) is 3.13. The van der Waals surface area contributed by atoms with Crippen molar-refractivity contribution in [3.05, 3.63) is 59.4 Å². The molecule has 0 bridgehead atoms. The molecule has 0 aliphatic heterocycles. The zero-order chi connectivity index (χ0) is 13.8. The van der Waals surface area contributed by atoms with Crippen LogP contribution >= 0.6 is 0 Å². The first-order valence-electron chi connectivity index (χ1n) is 5.82. The highest BCUT2D eigenvalue weighted by Crippen LogP contribution is 2.14. The molecule has 0 aliphatic carbocycles. The number of pyridine rings is 1. The van der Waals surface area contributed by atoms with E-state index in [1.165, 1.54) is 0 Å². The number of hydrogen-bond donors (Lipinski definition) is 1. The number of benzene rings is 1. The first-order valence-corrected chi connectivity index (χ1v) is 5.82. The number of hydrogen-bond acceptors (Lipinski definition) is 2. The van der Waals surface area contributed by atoms with Gasteiger partial charge in [-0.2, -0.15) is 13.8 Å². The molecule has 2 aromatic rings. The van der Waals surface area contributed by atoms with Gasteiger partial charge in [0.05, 0.1) is 5.69 Å². The minimum Gasteiger partial charge on any atom is -0.318 e. The van der Waals surface area contributed by atoms with Crippen molar-refractivity contribution in [2.24, 2.45) is 0 Å². The van der Waals surface area contributed by atoms with E-state index < -0.39 is 17.8 Å². The standard InChI is InChI=1S/C14H12F2N2O/c1-2-9-3-5-10(6-4-9)14(19)17-11-7-8-12(15)18-13(11)16/h3-8H,2H2,1H3,(H,17,19). The van der Waals surface area contributed by atoms with Gasteiger partial charge < -0.3 is 5.32 Å². The summed E-state index contributed by atoms with van der Waals surface area (Å²) in [6.45, 7) is 2.01. The number of halogens is 2. The van der Waals surface area contributed by atoms with Crippen molar-refractivity contribution in [3.63, 3.8) is 0 Å². The van der Waals surface area contributed by atoms with Crippen molar-refractivity contribution in [2.75, 3.05) is 5.32 Å². The fraction of sp³-hybridized carbons (Fsp3) is 0.143. The van der Waals surface area contributed by atoms with E-state index in [0.29, 0.717) is 5.56 Å². The van der Waals surface area contributed by atoms with Gasteiger partial charge in [0, 0.05) is 5.56 Å². The van der Waals surface area contributed by atoms with E-state index in [-0.39, 0.29) is 5.69 Å². The van der Waals surface area contributed by atoms with E-state index in [1.54, 1.807) is 12.1 Å². The predicted octanol–water partition coefficient (Wildman–Crippen LogP) is 3.17. The second kappa shape index (κ2) is 5.56. The zero-order valence-electron chi connectivity index (χ0n) is 10.3. The minimum absolute atomic E-state index is 0.147. The van der Waals surface area contributed by atoms with Crippen LogP contribution in [0.3, 0.4) is 0 Å². The summed E-state index contributed by atoms with van der Waals surface area (Å²) in [6.07, 6.45) is 0.873. The van der Waals surface area contributed by atoms with Gasteiger partial charge in [-0.3, -0.25) is 4.79 Å². The molecule has 1 aromatic carbocycles. The summed E-state index contributed by atoms with van der Waals surface area (Å²) in [5.41, 5.74) is 1.36. The van der Waals surface area contributed by atoms with Crippen LogP contribution in [0, 0.1) is 11.9 Å². The number of rotatable bonds is 3. The molecule has 1 aromatic heterocycles. The normalized spacial score (nSPS) is 10.3. The summed E-state index contributed by atoms with van der Waals surface area (Å²) in [6, 6.07) is 9.09. The Labute approximate surface area is 109 Å². The molecule has 5 heteroatoms. The molecule has 3 nitrogen and oxygen atoms in total. The number of carbonyl (C=O) groups is 1. The van der Waals surface area contributed by atoms with Gasteiger partial charge >= 0.3 is 0 Å². The lowest BCUT2D eigenvalue weighted by Crippen LogP contribution is -2.13. The molecule has 1 amide bonds. The van der Waals surface area contributed by atoms with Crippen LogP contribution in [0.5, 0.6) is 0 Å². The molecule has 0 spiro atoms. The molecule has 0 aliphatic rings.